The zero-order valence-corrected chi connectivity index (χ0v) is 11.5. The van der Waals surface area contributed by atoms with Crippen molar-refractivity contribution in [3.63, 3.8) is 0 Å². The van der Waals surface area contributed by atoms with Crippen LogP contribution in [0.5, 0.6) is 0 Å². The molecule has 0 spiro atoms. The highest BCUT2D eigenvalue weighted by molar-refractivity contribution is 6.21. The molecular weight excluding hydrogens is 258 g/mol. The molecule has 0 aromatic heterocycles. The maximum absolute atomic E-state index is 12.0. The fourth-order valence-electron chi connectivity index (χ4n) is 1.85. The van der Waals surface area contributed by atoms with Crippen LogP contribution in [0.1, 0.15) is 26.9 Å². The molecular formula is C16H16ClNO. The Hall–Kier alpha value is -1.80. The number of benzene rings is 2. The van der Waals surface area contributed by atoms with Crippen LogP contribution >= 0.6 is 11.6 Å². The molecule has 0 saturated carbocycles. The van der Waals surface area contributed by atoms with E-state index in [1.165, 1.54) is 0 Å². The minimum atomic E-state index is -0.213. The molecule has 0 saturated heterocycles. The quantitative estimate of drug-likeness (QED) is 0.846. The average Bonchev–Trinajstić information content (AvgIpc) is 2.45. The predicted molar refractivity (Wildman–Crippen MR) is 78.5 cm³/mol. The molecule has 2 nitrogen and oxygen atoms in total. The Morgan fingerprint density at radius 3 is 2.58 bits per heavy atom. The van der Waals surface area contributed by atoms with Crippen molar-refractivity contribution in [3.05, 3.63) is 71.3 Å². The number of carbonyl (C=O) groups is 1. The van der Waals surface area contributed by atoms with Crippen LogP contribution in [0.15, 0.2) is 54.6 Å². The summed E-state index contributed by atoms with van der Waals surface area (Å²) in [6.45, 7) is 2.38. The normalized spacial score (nSPS) is 11.9. The predicted octanol–water partition coefficient (Wildman–Crippen LogP) is 3.70. The van der Waals surface area contributed by atoms with Crippen molar-refractivity contribution in [3.8, 4) is 0 Å². The molecule has 1 unspecified atom stereocenters. The number of amides is 1. The van der Waals surface area contributed by atoms with Crippen LogP contribution in [0.3, 0.4) is 0 Å². The summed E-state index contributed by atoms with van der Waals surface area (Å²) in [5.74, 6) is -0.0923. The molecule has 3 heteroatoms. The van der Waals surface area contributed by atoms with Crippen molar-refractivity contribution in [2.24, 2.45) is 0 Å². The van der Waals surface area contributed by atoms with Crippen LogP contribution in [-0.4, -0.2) is 12.5 Å². The van der Waals surface area contributed by atoms with E-state index in [2.05, 4.69) is 5.32 Å². The SMILES string of the molecule is Cc1cccc(C(=O)NCC(Cl)c2ccccc2)c1. The molecule has 0 aliphatic rings. The summed E-state index contributed by atoms with van der Waals surface area (Å²) < 4.78 is 0. The molecule has 1 N–H and O–H groups in total. The zero-order chi connectivity index (χ0) is 13.7. The maximum atomic E-state index is 12.0. The van der Waals surface area contributed by atoms with Crippen LogP contribution in [-0.2, 0) is 0 Å². The van der Waals surface area contributed by atoms with Crippen molar-refractivity contribution in [2.75, 3.05) is 6.54 Å². The van der Waals surface area contributed by atoms with Crippen LogP contribution < -0.4 is 5.32 Å². The van der Waals surface area contributed by atoms with Crippen molar-refractivity contribution in [1.29, 1.82) is 0 Å². The summed E-state index contributed by atoms with van der Waals surface area (Å²) in [4.78, 5) is 12.0. The lowest BCUT2D eigenvalue weighted by Crippen LogP contribution is -2.26. The molecule has 1 atom stereocenters. The van der Waals surface area contributed by atoms with Crippen molar-refractivity contribution < 1.29 is 4.79 Å². The molecule has 0 aliphatic carbocycles. The lowest BCUT2D eigenvalue weighted by atomic mass is 10.1. The van der Waals surface area contributed by atoms with E-state index in [1.807, 2.05) is 55.5 Å². The van der Waals surface area contributed by atoms with Gasteiger partial charge >= 0.3 is 0 Å². The molecule has 0 fully saturated rings. The Bertz CT molecular complexity index is 554. The first-order valence-corrected chi connectivity index (χ1v) is 6.64. The van der Waals surface area contributed by atoms with Gasteiger partial charge in [-0.2, -0.15) is 0 Å². The summed E-state index contributed by atoms with van der Waals surface area (Å²) in [5.41, 5.74) is 2.74. The number of hydrogen-bond donors (Lipinski definition) is 1. The number of rotatable bonds is 4. The molecule has 2 rings (SSSR count). The molecule has 98 valence electrons. The molecule has 0 radical (unpaired) electrons. The summed E-state index contributed by atoms with van der Waals surface area (Å²) in [7, 11) is 0. The second kappa shape index (κ2) is 6.39. The molecule has 0 aliphatic heterocycles. The Morgan fingerprint density at radius 2 is 1.89 bits per heavy atom. The first kappa shape index (κ1) is 13.6. The second-order valence-corrected chi connectivity index (χ2v) is 4.98. The van der Waals surface area contributed by atoms with E-state index in [9.17, 15) is 4.79 Å². The molecule has 2 aromatic rings. The third-order valence-corrected chi connectivity index (χ3v) is 3.29. The van der Waals surface area contributed by atoms with Gasteiger partial charge in [-0.1, -0.05) is 48.0 Å². The van der Waals surface area contributed by atoms with E-state index in [-0.39, 0.29) is 11.3 Å². The summed E-state index contributed by atoms with van der Waals surface area (Å²) >= 11 is 6.25. The minimum Gasteiger partial charge on any atom is -0.350 e. The van der Waals surface area contributed by atoms with Gasteiger partial charge in [-0.25, -0.2) is 0 Å². The lowest BCUT2D eigenvalue weighted by molar-refractivity contribution is 0.0953. The fourth-order valence-corrected chi connectivity index (χ4v) is 2.07. The third kappa shape index (κ3) is 3.83. The van der Waals surface area contributed by atoms with E-state index >= 15 is 0 Å². The van der Waals surface area contributed by atoms with Gasteiger partial charge in [0.2, 0.25) is 0 Å². The Kier molecular flexibility index (Phi) is 4.58. The van der Waals surface area contributed by atoms with Gasteiger partial charge < -0.3 is 5.32 Å². The van der Waals surface area contributed by atoms with E-state index in [0.29, 0.717) is 12.1 Å². The Labute approximate surface area is 118 Å². The zero-order valence-electron chi connectivity index (χ0n) is 10.8. The van der Waals surface area contributed by atoms with Gasteiger partial charge in [-0.3, -0.25) is 4.79 Å². The van der Waals surface area contributed by atoms with Crippen molar-refractivity contribution >= 4 is 17.5 Å². The van der Waals surface area contributed by atoms with E-state index in [4.69, 9.17) is 11.6 Å². The van der Waals surface area contributed by atoms with Crippen LogP contribution in [0.25, 0.3) is 0 Å². The fraction of sp³-hybridized carbons (Fsp3) is 0.188. The van der Waals surface area contributed by atoms with Crippen LogP contribution in [0, 0.1) is 6.92 Å². The molecule has 2 aromatic carbocycles. The molecule has 1 amide bonds. The van der Waals surface area contributed by atoms with Crippen LogP contribution in [0.4, 0.5) is 0 Å². The Balaban J connectivity index is 1.94. The standard InChI is InChI=1S/C16H16ClNO/c1-12-6-5-9-14(10-12)16(19)18-11-15(17)13-7-3-2-4-8-13/h2-10,15H,11H2,1H3,(H,18,19). The van der Waals surface area contributed by atoms with E-state index in [1.54, 1.807) is 6.07 Å². The second-order valence-electron chi connectivity index (χ2n) is 4.46. The first-order chi connectivity index (χ1) is 9.16. The number of hydrogen-bond acceptors (Lipinski definition) is 1. The van der Waals surface area contributed by atoms with Gasteiger partial charge in [0.1, 0.15) is 0 Å². The van der Waals surface area contributed by atoms with Crippen molar-refractivity contribution in [2.45, 2.75) is 12.3 Å². The van der Waals surface area contributed by atoms with E-state index in [0.717, 1.165) is 11.1 Å². The summed E-state index contributed by atoms with van der Waals surface area (Å²) in [5, 5.41) is 2.64. The van der Waals surface area contributed by atoms with E-state index < -0.39 is 0 Å². The molecule has 0 bridgehead atoms. The number of nitrogens with one attached hydrogen (secondary N) is 1. The third-order valence-electron chi connectivity index (χ3n) is 2.88. The summed E-state index contributed by atoms with van der Waals surface area (Å²) in [6, 6.07) is 17.2. The van der Waals surface area contributed by atoms with Gasteiger partial charge in [0.25, 0.3) is 5.91 Å². The minimum absolute atomic E-state index is 0.0923. The monoisotopic (exact) mass is 273 g/mol. The van der Waals surface area contributed by atoms with Crippen LogP contribution in [0.2, 0.25) is 0 Å². The highest BCUT2D eigenvalue weighted by Gasteiger charge is 2.10. The van der Waals surface area contributed by atoms with Gasteiger partial charge in [0.05, 0.1) is 5.38 Å². The van der Waals surface area contributed by atoms with Crippen molar-refractivity contribution in [1.82, 2.24) is 5.32 Å². The smallest absolute Gasteiger partial charge is 0.251 e. The maximum Gasteiger partial charge on any atom is 0.251 e. The number of alkyl halides is 1. The van der Waals surface area contributed by atoms with Gasteiger partial charge in [-0.05, 0) is 24.6 Å². The first-order valence-electron chi connectivity index (χ1n) is 6.20. The topological polar surface area (TPSA) is 29.1 Å². The molecule has 19 heavy (non-hydrogen) atoms. The average molecular weight is 274 g/mol. The molecule has 0 heterocycles. The highest BCUT2D eigenvalue weighted by atomic mass is 35.5. The highest BCUT2D eigenvalue weighted by Crippen LogP contribution is 2.18. The number of halogens is 1. The Morgan fingerprint density at radius 1 is 1.16 bits per heavy atom. The largest absolute Gasteiger partial charge is 0.350 e. The number of carbonyl (C=O) groups excluding carboxylic acids is 1. The van der Waals surface area contributed by atoms with Gasteiger partial charge in [0, 0.05) is 12.1 Å². The number of aryl methyl sites for hydroxylation is 1. The lowest BCUT2D eigenvalue weighted by Gasteiger charge is -2.11. The van der Waals surface area contributed by atoms with Gasteiger partial charge in [0.15, 0.2) is 0 Å². The van der Waals surface area contributed by atoms with Gasteiger partial charge in [-0.15, -0.1) is 11.6 Å². The summed E-state index contributed by atoms with van der Waals surface area (Å²) in [6.07, 6.45) is 0.